The summed E-state index contributed by atoms with van der Waals surface area (Å²) in [7, 11) is -2.53. The van der Waals surface area contributed by atoms with Gasteiger partial charge in [0.05, 0.1) is 19.1 Å². The van der Waals surface area contributed by atoms with Gasteiger partial charge in [0.15, 0.2) is 8.03 Å². The summed E-state index contributed by atoms with van der Waals surface area (Å²) < 4.78 is 30.6. The molecule has 0 amide bonds. The molecule has 1 aliphatic carbocycles. The predicted molar refractivity (Wildman–Crippen MR) is 117 cm³/mol. The van der Waals surface area contributed by atoms with Crippen LogP contribution >= 0.6 is 8.03 Å². The summed E-state index contributed by atoms with van der Waals surface area (Å²) >= 11 is 0. The highest BCUT2D eigenvalue weighted by Crippen LogP contribution is 2.52. The molecule has 0 fully saturated rings. The number of halogens is 1. The van der Waals surface area contributed by atoms with E-state index in [1.165, 1.54) is 12.1 Å². The molecular formula is C23H32FO5P. The van der Waals surface area contributed by atoms with E-state index in [1.54, 1.807) is 18.2 Å². The van der Waals surface area contributed by atoms with Crippen molar-refractivity contribution in [3.05, 3.63) is 53.4 Å². The van der Waals surface area contributed by atoms with Crippen molar-refractivity contribution in [3.8, 4) is 0 Å². The van der Waals surface area contributed by atoms with E-state index < -0.39 is 26.5 Å². The summed E-state index contributed by atoms with van der Waals surface area (Å²) in [6, 6.07) is 6.54. The molecule has 1 aromatic carbocycles. The lowest BCUT2D eigenvalue weighted by molar-refractivity contribution is -0.138. The maximum Gasteiger partial charge on any atom is 0.305 e. The lowest BCUT2D eigenvalue weighted by atomic mass is 9.61. The minimum atomic E-state index is -2.53. The lowest BCUT2D eigenvalue weighted by Gasteiger charge is -2.43. The molecule has 0 heterocycles. The number of allylic oxidation sites excluding steroid dienone is 3. The van der Waals surface area contributed by atoms with Crippen LogP contribution in [0.5, 0.6) is 0 Å². The number of aliphatic carboxylic acids is 1. The number of carbonyl (C=O) groups is 1. The van der Waals surface area contributed by atoms with Gasteiger partial charge in [-0.3, -0.25) is 9.36 Å². The fourth-order valence-corrected chi connectivity index (χ4v) is 5.33. The number of carboxylic acids is 1. The zero-order chi connectivity index (χ0) is 22.5. The van der Waals surface area contributed by atoms with Crippen molar-refractivity contribution in [3.63, 3.8) is 0 Å². The first-order valence-electron chi connectivity index (χ1n) is 10.1. The second-order valence-electron chi connectivity index (χ2n) is 9.34. The van der Waals surface area contributed by atoms with Crippen molar-refractivity contribution >= 4 is 19.6 Å². The Morgan fingerprint density at radius 1 is 1.27 bits per heavy atom. The Morgan fingerprint density at radius 2 is 1.90 bits per heavy atom. The van der Waals surface area contributed by atoms with Gasteiger partial charge in [0.25, 0.3) is 0 Å². The number of rotatable bonds is 9. The first-order chi connectivity index (χ1) is 13.9. The van der Waals surface area contributed by atoms with Crippen LogP contribution in [0.15, 0.2) is 42.0 Å². The fourth-order valence-electron chi connectivity index (χ4n) is 4.40. The molecule has 0 spiro atoms. The quantitative estimate of drug-likeness (QED) is 0.511. The molecule has 0 bridgehead atoms. The van der Waals surface area contributed by atoms with E-state index in [0.29, 0.717) is 0 Å². The van der Waals surface area contributed by atoms with Crippen molar-refractivity contribution in [1.29, 1.82) is 0 Å². The molecule has 30 heavy (non-hydrogen) atoms. The minimum Gasteiger partial charge on any atom is -0.481 e. The Morgan fingerprint density at radius 3 is 2.50 bits per heavy atom. The largest absolute Gasteiger partial charge is 0.481 e. The van der Waals surface area contributed by atoms with Crippen LogP contribution < -0.4 is 0 Å². The van der Waals surface area contributed by atoms with Gasteiger partial charge < -0.3 is 14.7 Å². The smallest absolute Gasteiger partial charge is 0.305 e. The third kappa shape index (κ3) is 7.19. The number of carboxylic acid groups (broad SMARTS) is 1. The zero-order valence-electron chi connectivity index (χ0n) is 18.1. The second-order valence-corrected chi connectivity index (χ2v) is 10.8. The van der Waals surface area contributed by atoms with Crippen molar-refractivity contribution < 1.29 is 28.5 Å². The van der Waals surface area contributed by atoms with Gasteiger partial charge in [-0.2, -0.15) is 0 Å². The third-order valence-corrected chi connectivity index (χ3v) is 6.55. The molecule has 2 N–H and O–H groups in total. The molecule has 2 atom stereocenters. The van der Waals surface area contributed by atoms with Crippen LogP contribution in [0.25, 0.3) is 5.57 Å². The normalized spacial score (nSPS) is 20.3. The van der Waals surface area contributed by atoms with Gasteiger partial charge in [-0.05, 0) is 52.5 Å². The Bertz CT molecular complexity index is 840. The standard InChI is InChI=1S/C23H32FO5P/c1-22(2)13-19(16-7-9-17(24)10-8-16)20(23(3,4)15-22)6-5-11-29-30(28)14-18(25)12-21(26)27/h5-10,18,25,30H,11-15H2,1-4H3,(H,26,27)/t18-/m0/s1. The van der Waals surface area contributed by atoms with Gasteiger partial charge >= 0.3 is 5.97 Å². The lowest BCUT2D eigenvalue weighted by Crippen LogP contribution is -2.30. The van der Waals surface area contributed by atoms with Crippen LogP contribution in [0.4, 0.5) is 4.39 Å². The molecule has 0 saturated heterocycles. The Kier molecular flexibility index (Phi) is 8.20. The van der Waals surface area contributed by atoms with Crippen LogP contribution in [0.1, 0.15) is 52.5 Å². The number of aliphatic hydroxyl groups excluding tert-OH is 1. The van der Waals surface area contributed by atoms with Crippen LogP contribution in [0, 0.1) is 16.6 Å². The third-order valence-electron chi connectivity index (χ3n) is 5.26. The first kappa shape index (κ1) is 24.5. The molecule has 1 aliphatic rings. The number of benzene rings is 1. The van der Waals surface area contributed by atoms with Crippen LogP contribution in [-0.4, -0.2) is 35.1 Å². The maximum absolute atomic E-state index is 13.4. The Labute approximate surface area is 178 Å². The van der Waals surface area contributed by atoms with E-state index in [-0.39, 0.29) is 29.4 Å². The number of hydrogen-bond acceptors (Lipinski definition) is 4. The highest BCUT2D eigenvalue weighted by molar-refractivity contribution is 7.39. The summed E-state index contributed by atoms with van der Waals surface area (Å²) in [6.07, 6.45) is 3.83. The van der Waals surface area contributed by atoms with Crippen molar-refractivity contribution in [2.75, 3.05) is 12.8 Å². The SMILES string of the molecule is CC1(C)CC(c2ccc(F)cc2)=C(C=CCO[PH](=O)C[C@@H](O)CC(=O)O)C(C)(C)C1. The van der Waals surface area contributed by atoms with E-state index in [9.17, 15) is 18.9 Å². The van der Waals surface area contributed by atoms with Crippen molar-refractivity contribution in [1.82, 2.24) is 0 Å². The average Bonchev–Trinajstić information content (AvgIpc) is 2.58. The molecule has 1 aromatic rings. The van der Waals surface area contributed by atoms with Gasteiger partial charge in [0.1, 0.15) is 5.82 Å². The molecular weight excluding hydrogens is 406 g/mol. The van der Waals surface area contributed by atoms with E-state index in [0.717, 1.165) is 29.6 Å². The molecule has 5 nitrogen and oxygen atoms in total. The summed E-state index contributed by atoms with van der Waals surface area (Å²) in [5.74, 6) is -1.41. The summed E-state index contributed by atoms with van der Waals surface area (Å²) in [5.41, 5.74) is 3.29. The Balaban J connectivity index is 2.16. The average molecular weight is 438 g/mol. The molecule has 1 unspecified atom stereocenters. The fraction of sp³-hybridized carbons (Fsp3) is 0.522. The summed E-state index contributed by atoms with van der Waals surface area (Å²) in [6.45, 7) is 8.94. The van der Waals surface area contributed by atoms with Gasteiger partial charge in [-0.25, -0.2) is 4.39 Å². The zero-order valence-corrected chi connectivity index (χ0v) is 19.1. The van der Waals surface area contributed by atoms with Crippen molar-refractivity contribution in [2.24, 2.45) is 10.8 Å². The van der Waals surface area contributed by atoms with Crippen LogP contribution in [-0.2, 0) is 13.9 Å². The first-order valence-corrected chi connectivity index (χ1v) is 11.6. The highest BCUT2D eigenvalue weighted by Gasteiger charge is 2.38. The number of hydrogen-bond donors (Lipinski definition) is 2. The van der Waals surface area contributed by atoms with E-state index in [4.69, 9.17) is 9.63 Å². The highest BCUT2D eigenvalue weighted by atomic mass is 31.1. The van der Waals surface area contributed by atoms with Crippen LogP contribution in [0.2, 0.25) is 0 Å². The second kappa shape index (κ2) is 10.0. The minimum absolute atomic E-state index is 0.104. The monoisotopic (exact) mass is 438 g/mol. The molecule has 0 aromatic heterocycles. The molecule has 0 saturated carbocycles. The maximum atomic E-state index is 13.4. The van der Waals surface area contributed by atoms with Crippen molar-refractivity contribution in [2.45, 2.75) is 53.1 Å². The molecule has 0 radical (unpaired) electrons. The van der Waals surface area contributed by atoms with Gasteiger partial charge in [0.2, 0.25) is 0 Å². The van der Waals surface area contributed by atoms with Gasteiger partial charge in [-0.15, -0.1) is 0 Å². The van der Waals surface area contributed by atoms with E-state index in [2.05, 4.69) is 27.7 Å². The summed E-state index contributed by atoms with van der Waals surface area (Å²) in [4.78, 5) is 10.6. The van der Waals surface area contributed by atoms with Gasteiger partial charge in [-0.1, -0.05) is 52.0 Å². The van der Waals surface area contributed by atoms with E-state index >= 15 is 0 Å². The summed E-state index contributed by atoms with van der Waals surface area (Å²) in [5, 5.41) is 18.2. The molecule has 166 valence electrons. The van der Waals surface area contributed by atoms with E-state index in [1.807, 2.05) is 6.08 Å². The Hall–Kier alpha value is -1.75. The van der Waals surface area contributed by atoms with Crippen LogP contribution in [0.3, 0.4) is 0 Å². The predicted octanol–water partition coefficient (Wildman–Crippen LogP) is 5.31. The van der Waals surface area contributed by atoms with Gasteiger partial charge in [0, 0.05) is 6.16 Å². The topological polar surface area (TPSA) is 83.8 Å². The molecule has 7 heteroatoms. The molecule has 0 aliphatic heterocycles. The number of aliphatic hydroxyl groups is 1. The molecule has 2 rings (SSSR count).